The number of piperazine rings is 1. The zero-order valence-corrected chi connectivity index (χ0v) is 18.7. The van der Waals surface area contributed by atoms with E-state index in [1.165, 1.54) is 10.4 Å². The van der Waals surface area contributed by atoms with Crippen LogP contribution < -0.4 is 15.5 Å². The molecule has 1 fully saturated rings. The van der Waals surface area contributed by atoms with Crippen molar-refractivity contribution in [2.24, 2.45) is 0 Å². The highest BCUT2D eigenvalue weighted by Crippen LogP contribution is 2.35. The van der Waals surface area contributed by atoms with E-state index >= 15 is 0 Å². The third-order valence-electron chi connectivity index (χ3n) is 5.62. The van der Waals surface area contributed by atoms with Crippen LogP contribution in [0.4, 0.5) is 10.7 Å². The smallest absolute Gasteiger partial charge is 0.228 e. The molecule has 1 amide bonds. The van der Waals surface area contributed by atoms with E-state index in [-0.39, 0.29) is 23.8 Å². The maximum absolute atomic E-state index is 11.6. The second-order valence-corrected chi connectivity index (χ2v) is 8.58. The second-order valence-electron chi connectivity index (χ2n) is 7.42. The topological polar surface area (TPSA) is 88.8 Å². The van der Waals surface area contributed by atoms with Gasteiger partial charge in [-0.3, -0.25) is 4.79 Å². The summed E-state index contributed by atoms with van der Waals surface area (Å²) in [4.78, 5) is 14.1. The summed E-state index contributed by atoms with van der Waals surface area (Å²) in [6, 6.07) is 12.7. The van der Waals surface area contributed by atoms with Gasteiger partial charge < -0.3 is 21.0 Å². The lowest BCUT2D eigenvalue weighted by molar-refractivity contribution is -0.115. The van der Waals surface area contributed by atoms with Gasteiger partial charge in [0.25, 0.3) is 0 Å². The molecule has 1 saturated heterocycles. The molecule has 1 unspecified atom stereocenters. The summed E-state index contributed by atoms with van der Waals surface area (Å²) in [5, 5.41) is 9.63. The van der Waals surface area contributed by atoms with Gasteiger partial charge in [0.1, 0.15) is 5.00 Å². The van der Waals surface area contributed by atoms with Crippen LogP contribution >= 0.6 is 35.5 Å². The van der Waals surface area contributed by atoms with Gasteiger partial charge in [-0.05, 0) is 53.7 Å². The number of carbonyl (C=O) groups excluding carboxylic acids is 1. The number of rotatable bonds is 4. The largest absolute Gasteiger partial charge is 0.412 e. The first-order valence-corrected chi connectivity index (χ1v) is 10.8. The minimum atomic E-state index is 0. The molecule has 1 aromatic heterocycles. The van der Waals surface area contributed by atoms with Crippen molar-refractivity contribution < 1.29 is 10.3 Å². The number of carbonyl (C=O) groups is 1. The van der Waals surface area contributed by atoms with Crippen molar-refractivity contribution >= 4 is 63.0 Å². The summed E-state index contributed by atoms with van der Waals surface area (Å²) < 4.78 is 4.63. The van der Waals surface area contributed by atoms with Gasteiger partial charge in [0, 0.05) is 41.8 Å². The number of hydrogen-bond donors (Lipinski definition) is 2. The van der Waals surface area contributed by atoms with Gasteiger partial charge in [-0.1, -0.05) is 29.8 Å². The number of hydrogen-bond acceptors (Lipinski definition) is 5. The third-order valence-corrected chi connectivity index (χ3v) is 6.89. The highest BCUT2D eigenvalue weighted by atomic mass is 35.5. The normalized spacial score (nSPS) is 17.8. The number of benzene rings is 2. The number of anilines is 2. The summed E-state index contributed by atoms with van der Waals surface area (Å²) in [5.74, 6) is 0.0444. The van der Waals surface area contributed by atoms with Crippen molar-refractivity contribution in [3.8, 4) is 0 Å². The van der Waals surface area contributed by atoms with Gasteiger partial charge in [0.2, 0.25) is 5.91 Å². The summed E-state index contributed by atoms with van der Waals surface area (Å²) >= 11 is 8.09. The average molecular weight is 467 g/mol. The molecule has 0 spiro atoms. The standard InChI is InChI=1S/C21H21ClN4OS.ClH.H2O/c22-17-11-19-14(10-20(27)24-19)9-13(17)5-6-15-12-23-7-8-26(15)21-16-3-1-2-4-18(16)25-28-21;;/h1-4,9,11,15,23H,5-8,10,12H2,(H,24,27);1H;1H2. The first-order valence-electron chi connectivity index (χ1n) is 9.62. The van der Waals surface area contributed by atoms with Crippen molar-refractivity contribution in [1.29, 1.82) is 0 Å². The SMILES string of the molecule is Cl.O.O=C1Cc2cc(CCC3CNCCN3c3snc4ccccc34)c(Cl)cc2N1. The number of fused-ring (bicyclic) bond motifs is 2. The Morgan fingerprint density at radius 2 is 2.10 bits per heavy atom. The van der Waals surface area contributed by atoms with Crippen molar-refractivity contribution in [1.82, 2.24) is 9.69 Å². The summed E-state index contributed by atoms with van der Waals surface area (Å²) in [6.45, 7) is 2.91. The lowest BCUT2D eigenvalue weighted by Crippen LogP contribution is -2.51. The van der Waals surface area contributed by atoms with Crippen LogP contribution in [0, 0.1) is 0 Å². The molecule has 2 aliphatic rings. The molecule has 0 radical (unpaired) electrons. The van der Waals surface area contributed by atoms with Crippen LogP contribution in [-0.2, 0) is 17.6 Å². The van der Waals surface area contributed by atoms with E-state index in [4.69, 9.17) is 11.6 Å². The van der Waals surface area contributed by atoms with Gasteiger partial charge >= 0.3 is 0 Å². The predicted molar refractivity (Wildman–Crippen MR) is 127 cm³/mol. The van der Waals surface area contributed by atoms with Gasteiger partial charge in [0.05, 0.1) is 11.9 Å². The maximum Gasteiger partial charge on any atom is 0.228 e. The van der Waals surface area contributed by atoms with Crippen molar-refractivity contribution in [2.75, 3.05) is 29.9 Å². The molecule has 4 N–H and O–H groups in total. The average Bonchev–Trinajstić information content (AvgIpc) is 3.28. The quantitative estimate of drug-likeness (QED) is 0.615. The minimum absolute atomic E-state index is 0. The van der Waals surface area contributed by atoms with Gasteiger partial charge in [0.15, 0.2) is 0 Å². The Labute approximate surface area is 190 Å². The Kier molecular flexibility index (Phi) is 7.21. The molecule has 0 bridgehead atoms. The van der Waals surface area contributed by atoms with E-state index in [0.717, 1.165) is 59.8 Å². The lowest BCUT2D eigenvalue weighted by Gasteiger charge is -2.37. The molecule has 3 heterocycles. The maximum atomic E-state index is 11.6. The van der Waals surface area contributed by atoms with E-state index in [1.807, 2.05) is 12.1 Å². The molecule has 3 aromatic rings. The Morgan fingerprint density at radius 1 is 1.27 bits per heavy atom. The van der Waals surface area contributed by atoms with Crippen LogP contribution in [0.3, 0.4) is 0 Å². The Bertz CT molecular complexity index is 1060. The summed E-state index contributed by atoms with van der Waals surface area (Å²) in [6.07, 6.45) is 2.34. The fraction of sp³-hybridized carbons (Fsp3) is 0.333. The summed E-state index contributed by atoms with van der Waals surface area (Å²) in [5.41, 5.74) is 4.10. The lowest BCUT2D eigenvalue weighted by atomic mass is 10.00. The molecule has 0 saturated carbocycles. The molecular weight excluding hydrogens is 443 g/mol. The molecule has 2 aliphatic heterocycles. The Morgan fingerprint density at radius 3 is 2.97 bits per heavy atom. The molecule has 0 aliphatic carbocycles. The highest BCUT2D eigenvalue weighted by Gasteiger charge is 2.26. The zero-order chi connectivity index (χ0) is 19.1. The number of amides is 1. The van der Waals surface area contributed by atoms with E-state index in [9.17, 15) is 4.79 Å². The molecule has 2 aromatic carbocycles. The van der Waals surface area contributed by atoms with E-state index in [1.54, 1.807) is 11.5 Å². The number of aryl methyl sites for hydroxylation is 1. The van der Waals surface area contributed by atoms with E-state index in [0.29, 0.717) is 12.5 Å². The summed E-state index contributed by atoms with van der Waals surface area (Å²) in [7, 11) is 0. The van der Waals surface area contributed by atoms with Crippen LogP contribution in [0.1, 0.15) is 17.5 Å². The third kappa shape index (κ3) is 4.26. The van der Waals surface area contributed by atoms with Crippen LogP contribution in [0.2, 0.25) is 5.02 Å². The second kappa shape index (κ2) is 9.49. The predicted octanol–water partition coefficient (Wildman–Crippen LogP) is 3.45. The Hall–Kier alpha value is -1.90. The monoisotopic (exact) mass is 466 g/mol. The highest BCUT2D eigenvalue weighted by molar-refractivity contribution is 7.11. The molecule has 160 valence electrons. The fourth-order valence-corrected chi connectivity index (χ4v) is 5.40. The van der Waals surface area contributed by atoms with Gasteiger partial charge in [-0.25, -0.2) is 0 Å². The minimum Gasteiger partial charge on any atom is -0.412 e. The van der Waals surface area contributed by atoms with Crippen LogP contribution in [-0.4, -0.2) is 41.4 Å². The van der Waals surface area contributed by atoms with Crippen LogP contribution in [0.25, 0.3) is 10.9 Å². The fourth-order valence-electron chi connectivity index (χ4n) is 4.18. The number of halogens is 2. The molecule has 6 nitrogen and oxygen atoms in total. The molecule has 1 atom stereocenters. The zero-order valence-electron chi connectivity index (χ0n) is 16.3. The van der Waals surface area contributed by atoms with Crippen molar-refractivity contribution in [3.63, 3.8) is 0 Å². The Balaban J connectivity index is 0.00000128. The van der Waals surface area contributed by atoms with Gasteiger partial charge in [-0.2, -0.15) is 4.37 Å². The van der Waals surface area contributed by atoms with Crippen LogP contribution in [0.15, 0.2) is 36.4 Å². The molecule has 30 heavy (non-hydrogen) atoms. The van der Waals surface area contributed by atoms with Crippen molar-refractivity contribution in [3.05, 3.63) is 52.5 Å². The number of nitrogens with one attached hydrogen (secondary N) is 2. The van der Waals surface area contributed by atoms with Crippen molar-refractivity contribution in [2.45, 2.75) is 25.3 Å². The number of aromatic nitrogens is 1. The first-order chi connectivity index (χ1) is 13.7. The number of nitrogens with zero attached hydrogens (tertiary/aromatic N) is 2. The molecular formula is C21H24Cl2N4O2S. The van der Waals surface area contributed by atoms with Crippen LogP contribution in [0.5, 0.6) is 0 Å². The van der Waals surface area contributed by atoms with E-state index in [2.05, 4.69) is 44.2 Å². The van der Waals surface area contributed by atoms with Gasteiger partial charge in [-0.15, -0.1) is 12.4 Å². The van der Waals surface area contributed by atoms with E-state index < -0.39 is 0 Å². The molecule has 9 heteroatoms. The first kappa shape index (κ1) is 22.8. The molecule has 5 rings (SSSR count).